The molecule has 0 radical (unpaired) electrons. The Morgan fingerprint density at radius 1 is 1.59 bits per heavy atom. The zero-order valence-corrected chi connectivity index (χ0v) is 10.4. The van der Waals surface area contributed by atoms with Gasteiger partial charge in [-0.1, -0.05) is 13.3 Å². The van der Waals surface area contributed by atoms with Crippen LogP contribution in [-0.4, -0.2) is 22.1 Å². The average Bonchev–Trinajstić information content (AvgIpc) is 2.94. The first kappa shape index (κ1) is 11.9. The maximum absolute atomic E-state index is 11.2. The lowest BCUT2D eigenvalue weighted by molar-refractivity contribution is 0.0696. The van der Waals surface area contributed by atoms with E-state index in [9.17, 15) is 9.90 Å². The SMILES string of the molecule is CCC1CC1Nc1cc(C)nc(C)c1C(=O)O. The molecule has 1 saturated carbocycles. The molecule has 2 rings (SSSR count). The number of aryl methyl sites for hydroxylation is 2. The fourth-order valence-electron chi connectivity index (χ4n) is 2.29. The summed E-state index contributed by atoms with van der Waals surface area (Å²) in [6, 6.07) is 2.25. The number of nitrogens with zero attached hydrogens (tertiary/aromatic N) is 1. The number of hydrogen-bond acceptors (Lipinski definition) is 3. The number of pyridine rings is 1. The Bertz CT molecular complexity index is 457. The van der Waals surface area contributed by atoms with Crippen LogP contribution in [0.25, 0.3) is 0 Å². The number of aromatic nitrogens is 1. The van der Waals surface area contributed by atoms with Crippen molar-refractivity contribution in [3.8, 4) is 0 Å². The lowest BCUT2D eigenvalue weighted by Gasteiger charge is -2.12. The predicted octanol–water partition coefficient (Wildman–Crippen LogP) is 2.61. The summed E-state index contributed by atoms with van der Waals surface area (Å²) in [5, 5.41) is 12.5. The molecule has 0 aromatic carbocycles. The number of rotatable bonds is 4. The van der Waals surface area contributed by atoms with Crippen LogP contribution in [0.2, 0.25) is 0 Å². The van der Waals surface area contributed by atoms with E-state index in [1.807, 2.05) is 13.0 Å². The largest absolute Gasteiger partial charge is 0.478 e. The minimum atomic E-state index is -0.911. The highest BCUT2D eigenvalue weighted by atomic mass is 16.4. The van der Waals surface area contributed by atoms with Gasteiger partial charge in [0, 0.05) is 11.7 Å². The fourth-order valence-corrected chi connectivity index (χ4v) is 2.29. The Labute approximate surface area is 101 Å². The molecule has 2 N–H and O–H groups in total. The van der Waals surface area contributed by atoms with E-state index < -0.39 is 5.97 Å². The standard InChI is InChI=1S/C13H18N2O2/c1-4-9-6-10(9)15-11-5-7(2)14-8(3)12(11)13(16)17/h5,9-10H,4,6H2,1-3H3,(H,14,15)(H,16,17). The monoisotopic (exact) mass is 234 g/mol. The second kappa shape index (κ2) is 4.35. The van der Waals surface area contributed by atoms with E-state index in [1.54, 1.807) is 6.92 Å². The van der Waals surface area contributed by atoms with Crippen molar-refractivity contribution in [1.29, 1.82) is 0 Å². The topological polar surface area (TPSA) is 62.2 Å². The van der Waals surface area contributed by atoms with Crippen molar-refractivity contribution in [1.82, 2.24) is 4.98 Å². The van der Waals surface area contributed by atoms with Gasteiger partial charge in [-0.2, -0.15) is 0 Å². The first-order chi connectivity index (χ1) is 8.02. The predicted molar refractivity (Wildman–Crippen MR) is 66.5 cm³/mol. The summed E-state index contributed by atoms with van der Waals surface area (Å²) in [6.45, 7) is 5.79. The molecule has 2 atom stereocenters. The molecule has 0 spiro atoms. The fraction of sp³-hybridized carbons (Fsp3) is 0.538. The van der Waals surface area contributed by atoms with E-state index in [2.05, 4.69) is 17.2 Å². The van der Waals surface area contributed by atoms with Crippen molar-refractivity contribution >= 4 is 11.7 Å². The molecule has 1 aliphatic rings. The third-order valence-electron chi connectivity index (χ3n) is 3.33. The van der Waals surface area contributed by atoms with Crippen molar-refractivity contribution in [3.63, 3.8) is 0 Å². The Balaban J connectivity index is 2.28. The number of carboxylic acids is 1. The minimum Gasteiger partial charge on any atom is -0.478 e. The third kappa shape index (κ3) is 2.40. The highest BCUT2D eigenvalue weighted by Crippen LogP contribution is 2.37. The van der Waals surface area contributed by atoms with Crippen molar-refractivity contribution in [3.05, 3.63) is 23.0 Å². The van der Waals surface area contributed by atoms with Gasteiger partial charge in [-0.3, -0.25) is 4.98 Å². The Morgan fingerprint density at radius 2 is 2.29 bits per heavy atom. The highest BCUT2D eigenvalue weighted by Gasteiger charge is 2.36. The Kier molecular flexibility index (Phi) is 3.05. The van der Waals surface area contributed by atoms with Crippen LogP contribution in [-0.2, 0) is 0 Å². The normalized spacial score (nSPS) is 22.3. The van der Waals surface area contributed by atoms with E-state index in [4.69, 9.17) is 0 Å². The number of aromatic carboxylic acids is 1. The quantitative estimate of drug-likeness (QED) is 0.840. The van der Waals surface area contributed by atoms with Crippen LogP contribution in [0.3, 0.4) is 0 Å². The first-order valence-electron chi connectivity index (χ1n) is 6.01. The van der Waals surface area contributed by atoms with Gasteiger partial charge >= 0.3 is 5.97 Å². The summed E-state index contributed by atoms with van der Waals surface area (Å²) >= 11 is 0. The van der Waals surface area contributed by atoms with E-state index in [1.165, 1.54) is 0 Å². The van der Waals surface area contributed by atoms with Crippen molar-refractivity contribution in [2.45, 2.75) is 39.7 Å². The second-order valence-corrected chi connectivity index (χ2v) is 4.73. The van der Waals surface area contributed by atoms with E-state index in [-0.39, 0.29) is 0 Å². The molecule has 92 valence electrons. The lowest BCUT2D eigenvalue weighted by Crippen LogP contribution is -2.12. The molecular formula is C13H18N2O2. The van der Waals surface area contributed by atoms with Crippen molar-refractivity contribution < 1.29 is 9.90 Å². The summed E-state index contributed by atoms with van der Waals surface area (Å²) < 4.78 is 0. The van der Waals surface area contributed by atoms with Crippen LogP contribution < -0.4 is 5.32 Å². The molecule has 2 unspecified atom stereocenters. The van der Waals surface area contributed by atoms with Crippen LogP contribution >= 0.6 is 0 Å². The molecule has 1 heterocycles. The van der Waals surface area contributed by atoms with Gasteiger partial charge in [0.25, 0.3) is 0 Å². The molecule has 4 nitrogen and oxygen atoms in total. The van der Waals surface area contributed by atoms with Crippen LogP contribution in [0.15, 0.2) is 6.07 Å². The van der Waals surface area contributed by atoms with E-state index in [0.29, 0.717) is 28.9 Å². The van der Waals surface area contributed by atoms with E-state index >= 15 is 0 Å². The van der Waals surface area contributed by atoms with Crippen LogP contribution in [0.4, 0.5) is 5.69 Å². The summed E-state index contributed by atoms with van der Waals surface area (Å²) in [7, 11) is 0. The molecule has 4 heteroatoms. The first-order valence-corrected chi connectivity index (χ1v) is 6.01. The number of carbonyl (C=O) groups is 1. The lowest BCUT2D eigenvalue weighted by atomic mass is 10.1. The third-order valence-corrected chi connectivity index (χ3v) is 3.33. The molecule has 0 aliphatic heterocycles. The van der Waals surface area contributed by atoms with Crippen LogP contribution in [0, 0.1) is 19.8 Å². The van der Waals surface area contributed by atoms with Crippen molar-refractivity contribution in [2.75, 3.05) is 5.32 Å². The second-order valence-electron chi connectivity index (χ2n) is 4.73. The molecule has 17 heavy (non-hydrogen) atoms. The maximum atomic E-state index is 11.2. The minimum absolute atomic E-state index is 0.303. The van der Waals surface area contributed by atoms with Gasteiger partial charge in [0.2, 0.25) is 0 Å². The number of anilines is 1. The molecule has 0 saturated heterocycles. The summed E-state index contributed by atoms with van der Waals surface area (Å²) in [5.41, 5.74) is 2.44. The van der Waals surface area contributed by atoms with Gasteiger partial charge < -0.3 is 10.4 Å². The van der Waals surface area contributed by atoms with Gasteiger partial charge in [0.1, 0.15) is 5.56 Å². The molecule has 1 aromatic heterocycles. The average molecular weight is 234 g/mol. The zero-order chi connectivity index (χ0) is 12.6. The van der Waals surface area contributed by atoms with Crippen LogP contribution in [0.5, 0.6) is 0 Å². The number of carboxylic acid groups (broad SMARTS) is 1. The van der Waals surface area contributed by atoms with Gasteiger partial charge in [-0.15, -0.1) is 0 Å². The van der Waals surface area contributed by atoms with Gasteiger partial charge in [-0.25, -0.2) is 4.79 Å². The Hall–Kier alpha value is -1.58. The molecule has 1 aliphatic carbocycles. The summed E-state index contributed by atoms with van der Waals surface area (Å²) in [6.07, 6.45) is 2.28. The maximum Gasteiger partial charge on any atom is 0.339 e. The molecule has 0 bridgehead atoms. The Morgan fingerprint density at radius 3 is 2.82 bits per heavy atom. The summed E-state index contributed by atoms with van der Waals surface area (Å²) in [5.74, 6) is -0.225. The number of hydrogen-bond donors (Lipinski definition) is 2. The van der Waals surface area contributed by atoms with Gasteiger partial charge in [-0.05, 0) is 32.3 Å². The summed E-state index contributed by atoms with van der Waals surface area (Å²) in [4.78, 5) is 15.4. The highest BCUT2D eigenvalue weighted by molar-refractivity contribution is 5.95. The van der Waals surface area contributed by atoms with E-state index in [0.717, 1.165) is 18.5 Å². The van der Waals surface area contributed by atoms with Crippen LogP contribution in [0.1, 0.15) is 41.5 Å². The molecule has 1 aromatic rings. The van der Waals surface area contributed by atoms with Crippen molar-refractivity contribution in [2.24, 2.45) is 5.92 Å². The molecule has 0 amide bonds. The van der Waals surface area contributed by atoms with Gasteiger partial charge in [0.05, 0.1) is 11.4 Å². The van der Waals surface area contributed by atoms with Gasteiger partial charge in [0.15, 0.2) is 0 Å². The number of nitrogens with one attached hydrogen (secondary N) is 1. The smallest absolute Gasteiger partial charge is 0.339 e. The molecular weight excluding hydrogens is 216 g/mol. The molecule has 1 fully saturated rings. The zero-order valence-electron chi connectivity index (χ0n) is 10.4.